The molecule has 1 fully saturated rings. The van der Waals surface area contributed by atoms with Gasteiger partial charge >= 0.3 is 0 Å². The number of hydrogen-bond donors (Lipinski definition) is 1. The summed E-state index contributed by atoms with van der Waals surface area (Å²) in [7, 11) is -2.11. The first-order valence-electron chi connectivity index (χ1n) is 10.1. The summed E-state index contributed by atoms with van der Waals surface area (Å²) in [4.78, 5) is 12.6. The maximum Gasteiger partial charge on any atom is 0.248 e. The highest BCUT2D eigenvalue weighted by Crippen LogP contribution is 2.40. The zero-order valence-electron chi connectivity index (χ0n) is 17.6. The van der Waals surface area contributed by atoms with Crippen LogP contribution in [-0.4, -0.2) is 65.3 Å². The molecule has 0 unspecified atom stereocenters. The van der Waals surface area contributed by atoms with Crippen LogP contribution >= 0.6 is 0 Å². The van der Waals surface area contributed by atoms with E-state index in [1.165, 1.54) is 29.6 Å². The Bertz CT molecular complexity index is 1110. The molecule has 2 aromatic carbocycles. The summed E-state index contributed by atoms with van der Waals surface area (Å²) in [6, 6.07) is 9.69. The zero-order chi connectivity index (χ0) is 22.6. The normalized spacial score (nSPS) is 16.7. The van der Waals surface area contributed by atoms with Crippen LogP contribution < -0.4 is 19.5 Å². The van der Waals surface area contributed by atoms with E-state index in [4.69, 9.17) is 18.9 Å². The van der Waals surface area contributed by atoms with Gasteiger partial charge in [0.1, 0.15) is 13.2 Å². The largest absolute Gasteiger partial charge is 0.493 e. The van der Waals surface area contributed by atoms with Crippen LogP contribution in [-0.2, 0) is 19.6 Å². The van der Waals surface area contributed by atoms with Gasteiger partial charge in [-0.05, 0) is 42.0 Å². The molecule has 32 heavy (non-hydrogen) atoms. The molecule has 0 spiro atoms. The zero-order valence-corrected chi connectivity index (χ0v) is 18.4. The fraction of sp³-hybridized carbons (Fsp3) is 0.318. The van der Waals surface area contributed by atoms with E-state index in [2.05, 4.69) is 5.32 Å². The van der Waals surface area contributed by atoms with E-state index in [9.17, 15) is 13.2 Å². The van der Waals surface area contributed by atoms with Gasteiger partial charge in [0.25, 0.3) is 0 Å². The minimum atomic E-state index is -3.65. The number of ether oxygens (including phenoxy) is 4. The Morgan fingerprint density at radius 2 is 1.88 bits per heavy atom. The average Bonchev–Trinajstić information content (AvgIpc) is 2.83. The lowest BCUT2D eigenvalue weighted by Gasteiger charge is -2.26. The van der Waals surface area contributed by atoms with Crippen molar-refractivity contribution in [2.24, 2.45) is 0 Å². The SMILES string of the molecule is COc1cc(/C=C/C(=O)Nc2cccc(S(=O)(=O)N3CCOCC3)c2)cc2c1OCCO2. The van der Waals surface area contributed by atoms with Gasteiger partial charge in [-0.1, -0.05) is 6.07 Å². The maximum atomic E-state index is 12.8. The van der Waals surface area contributed by atoms with Crippen LogP contribution in [0.15, 0.2) is 47.4 Å². The van der Waals surface area contributed by atoms with E-state index >= 15 is 0 Å². The first-order valence-corrected chi connectivity index (χ1v) is 11.6. The number of fused-ring (bicyclic) bond motifs is 1. The van der Waals surface area contributed by atoms with Gasteiger partial charge in [0.2, 0.25) is 21.7 Å². The Kier molecular flexibility index (Phi) is 6.63. The number of carbonyl (C=O) groups excluding carboxylic acids is 1. The van der Waals surface area contributed by atoms with Crippen LogP contribution in [0.25, 0.3) is 6.08 Å². The molecule has 2 aromatic rings. The van der Waals surface area contributed by atoms with Gasteiger partial charge < -0.3 is 24.3 Å². The molecule has 0 aromatic heterocycles. The van der Waals surface area contributed by atoms with E-state index in [-0.39, 0.29) is 4.90 Å². The van der Waals surface area contributed by atoms with Gasteiger partial charge in [0.15, 0.2) is 11.5 Å². The fourth-order valence-electron chi connectivity index (χ4n) is 3.42. The second kappa shape index (κ2) is 9.60. The third-order valence-corrected chi connectivity index (χ3v) is 6.88. The number of anilines is 1. The van der Waals surface area contributed by atoms with E-state index in [0.29, 0.717) is 68.0 Å². The number of sulfonamides is 1. The molecular weight excluding hydrogens is 436 g/mol. The topological polar surface area (TPSA) is 103 Å². The number of rotatable bonds is 6. The number of methoxy groups -OCH3 is 1. The monoisotopic (exact) mass is 460 g/mol. The van der Waals surface area contributed by atoms with Crippen molar-refractivity contribution in [3.8, 4) is 17.2 Å². The van der Waals surface area contributed by atoms with Crippen molar-refractivity contribution in [3.05, 3.63) is 48.0 Å². The predicted molar refractivity (Wildman–Crippen MR) is 118 cm³/mol. The second-order valence-electron chi connectivity index (χ2n) is 7.11. The summed E-state index contributed by atoms with van der Waals surface area (Å²) in [6.45, 7) is 2.23. The van der Waals surface area contributed by atoms with E-state index in [0.717, 1.165) is 0 Å². The van der Waals surface area contributed by atoms with Gasteiger partial charge in [-0.2, -0.15) is 4.31 Å². The third-order valence-electron chi connectivity index (χ3n) is 4.99. The number of amides is 1. The lowest BCUT2D eigenvalue weighted by Crippen LogP contribution is -2.40. The Morgan fingerprint density at radius 1 is 1.09 bits per heavy atom. The van der Waals surface area contributed by atoms with E-state index < -0.39 is 15.9 Å². The number of morpholine rings is 1. The Labute approximate surface area is 186 Å². The summed E-state index contributed by atoms with van der Waals surface area (Å²) in [5.41, 5.74) is 1.08. The molecule has 0 radical (unpaired) electrons. The highest BCUT2D eigenvalue weighted by atomic mass is 32.2. The van der Waals surface area contributed by atoms with Crippen LogP contribution in [0.3, 0.4) is 0 Å². The lowest BCUT2D eigenvalue weighted by atomic mass is 10.1. The number of nitrogens with zero attached hydrogens (tertiary/aromatic N) is 1. The summed E-state index contributed by atoms with van der Waals surface area (Å²) < 4.78 is 48.8. The Balaban J connectivity index is 1.47. The molecule has 10 heteroatoms. The first-order chi connectivity index (χ1) is 15.5. The van der Waals surface area contributed by atoms with Crippen molar-refractivity contribution in [1.82, 2.24) is 4.31 Å². The van der Waals surface area contributed by atoms with Gasteiger partial charge in [-0.15, -0.1) is 0 Å². The molecule has 2 aliphatic rings. The van der Waals surface area contributed by atoms with Gasteiger partial charge in [0.05, 0.1) is 25.2 Å². The molecule has 0 saturated carbocycles. The molecule has 170 valence electrons. The van der Waals surface area contributed by atoms with Crippen molar-refractivity contribution >= 4 is 27.7 Å². The highest BCUT2D eigenvalue weighted by molar-refractivity contribution is 7.89. The molecule has 0 bridgehead atoms. The van der Waals surface area contributed by atoms with Crippen molar-refractivity contribution in [2.45, 2.75) is 4.90 Å². The quantitative estimate of drug-likeness (QED) is 0.659. The molecule has 1 saturated heterocycles. The lowest BCUT2D eigenvalue weighted by molar-refractivity contribution is -0.111. The van der Waals surface area contributed by atoms with Crippen LogP contribution in [0.2, 0.25) is 0 Å². The Hall–Kier alpha value is -3.08. The van der Waals surface area contributed by atoms with E-state index in [1.807, 2.05) is 0 Å². The minimum Gasteiger partial charge on any atom is -0.493 e. The molecule has 1 N–H and O–H groups in total. The summed E-state index contributed by atoms with van der Waals surface area (Å²) in [6.07, 6.45) is 2.97. The van der Waals surface area contributed by atoms with Gasteiger partial charge in [0, 0.05) is 24.9 Å². The fourth-order valence-corrected chi connectivity index (χ4v) is 4.87. The average molecular weight is 461 g/mol. The molecular formula is C22H24N2O7S. The van der Waals surface area contributed by atoms with Crippen molar-refractivity contribution in [3.63, 3.8) is 0 Å². The van der Waals surface area contributed by atoms with Crippen LogP contribution in [0.5, 0.6) is 17.2 Å². The smallest absolute Gasteiger partial charge is 0.248 e. The summed E-state index contributed by atoms with van der Waals surface area (Å²) >= 11 is 0. The van der Waals surface area contributed by atoms with Crippen LogP contribution in [0.1, 0.15) is 5.56 Å². The molecule has 9 nitrogen and oxygen atoms in total. The third kappa shape index (κ3) is 4.87. The molecule has 0 atom stereocenters. The van der Waals surface area contributed by atoms with Crippen molar-refractivity contribution in [1.29, 1.82) is 0 Å². The molecule has 2 heterocycles. The minimum absolute atomic E-state index is 0.123. The second-order valence-corrected chi connectivity index (χ2v) is 9.05. The van der Waals surface area contributed by atoms with Crippen molar-refractivity contribution < 1.29 is 32.2 Å². The highest BCUT2D eigenvalue weighted by Gasteiger charge is 2.26. The predicted octanol–water partition coefficient (Wildman–Crippen LogP) is 2.14. The summed E-state index contributed by atoms with van der Waals surface area (Å²) in [5.74, 6) is 1.21. The first kappa shape index (κ1) is 22.1. The number of carbonyl (C=O) groups is 1. The van der Waals surface area contributed by atoms with Gasteiger partial charge in [-0.25, -0.2) is 8.42 Å². The molecule has 2 aliphatic heterocycles. The Morgan fingerprint density at radius 3 is 2.66 bits per heavy atom. The van der Waals surface area contributed by atoms with Crippen molar-refractivity contribution in [2.75, 3.05) is 51.9 Å². The molecule has 1 amide bonds. The van der Waals surface area contributed by atoms with E-state index in [1.54, 1.807) is 30.3 Å². The standard InChI is InChI=1S/C22H24N2O7S/c1-28-19-13-16(14-20-22(19)31-12-11-30-20)5-6-21(25)23-17-3-2-4-18(15-17)32(26,27)24-7-9-29-10-8-24/h2-6,13-15H,7-12H2,1H3,(H,23,25)/b6-5+. The van der Waals surface area contributed by atoms with Crippen LogP contribution in [0.4, 0.5) is 5.69 Å². The number of hydrogen-bond acceptors (Lipinski definition) is 7. The number of nitrogens with one attached hydrogen (secondary N) is 1. The van der Waals surface area contributed by atoms with Gasteiger partial charge in [-0.3, -0.25) is 4.79 Å². The van der Waals surface area contributed by atoms with Crippen LogP contribution in [0, 0.1) is 0 Å². The molecule has 4 rings (SSSR count). The maximum absolute atomic E-state index is 12.8. The summed E-state index contributed by atoms with van der Waals surface area (Å²) in [5, 5.41) is 2.70. The number of benzene rings is 2. The molecule has 0 aliphatic carbocycles.